The minimum Gasteiger partial charge on any atom is -0.375 e. The van der Waals surface area contributed by atoms with Crippen molar-refractivity contribution in [3.8, 4) is 0 Å². The monoisotopic (exact) mass is 245 g/mol. The fraction of sp³-hybridized carbons (Fsp3) is 0.625. The van der Waals surface area contributed by atoms with Gasteiger partial charge in [-0.2, -0.15) is 0 Å². The molecule has 0 amide bonds. The normalized spacial score (nSPS) is 34.9. The topological polar surface area (TPSA) is 21.3 Å². The summed E-state index contributed by atoms with van der Waals surface area (Å²) in [4.78, 5) is 0. The summed E-state index contributed by atoms with van der Waals surface area (Å²) >= 11 is 0. The number of hydrogen-bond donors (Lipinski definition) is 1. The number of morpholine rings is 1. The van der Waals surface area contributed by atoms with E-state index in [0.29, 0.717) is 23.6 Å². The van der Waals surface area contributed by atoms with Crippen LogP contribution in [-0.4, -0.2) is 18.8 Å². The molecule has 1 aliphatic carbocycles. The van der Waals surface area contributed by atoms with Crippen molar-refractivity contribution < 1.29 is 4.74 Å². The minimum atomic E-state index is 0.362. The third-order valence-corrected chi connectivity index (χ3v) is 4.42. The maximum absolute atomic E-state index is 6.08. The van der Waals surface area contributed by atoms with Crippen molar-refractivity contribution in [1.82, 2.24) is 5.32 Å². The molecule has 1 saturated carbocycles. The average molecular weight is 245 g/mol. The first-order valence-corrected chi connectivity index (χ1v) is 7.07. The second kappa shape index (κ2) is 4.67. The zero-order chi connectivity index (χ0) is 12.6. The van der Waals surface area contributed by atoms with Crippen molar-refractivity contribution in [1.29, 1.82) is 0 Å². The summed E-state index contributed by atoms with van der Waals surface area (Å²) in [5.74, 6) is 0. The maximum Gasteiger partial charge on any atom is 0.0729 e. The van der Waals surface area contributed by atoms with Crippen molar-refractivity contribution in [2.24, 2.45) is 5.41 Å². The molecule has 2 aliphatic rings. The van der Waals surface area contributed by atoms with E-state index in [0.717, 1.165) is 6.61 Å². The number of ether oxygens (including phenoxy) is 1. The first-order chi connectivity index (χ1) is 8.64. The molecular formula is C16H23NO. The maximum atomic E-state index is 6.08. The molecule has 0 bridgehead atoms. The highest BCUT2D eigenvalue weighted by Gasteiger charge is 2.39. The molecule has 1 aromatic carbocycles. The lowest BCUT2D eigenvalue weighted by atomic mass is 9.73. The van der Waals surface area contributed by atoms with E-state index in [1.54, 1.807) is 0 Å². The third-order valence-electron chi connectivity index (χ3n) is 4.42. The van der Waals surface area contributed by atoms with Crippen LogP contribution in [0.5, 0.6) is 0 Å². The van der Waals surface area contributed by atoms with E-state index in [2.05, 4.69) is 49.5 Å². The molecule has 1 aromatic rings. The summed E-state index contributed by atoms with van der Waals surface area (Å²) in [7, 11) is 0. The molecule has 0 spiro atoms. The lowest BCUT2D eigenvalue weighted by Crippen LogP contribution is -2.54. The number of benzene rings is 1. The van der Waals surface area contributed by atoms with Crippen molar-refractivity contribution in [2.75, 3.05) is 6.61 Å². The van der Waals surface area contributed by atoms with Crippen molar-refractivity contribution in [3.05, 3.63) is 35.9 Å². The molecule has 0 radical (unpaired) electrons. The Morgan fingerprint density at radius 1 is 1.22 bits per heavy atom. The SMILES string of the molecule is CC1(C)CCC2OCC(c3ccccc3)NC2C1. The third kappa shape index (κ3) is 2.45. The van der Waals surface area contributed by atoms with Crippen LogP contribution in [0.1, 0.15) is 44.7 Å². The Morgan fingerprint density at radius 2 is 2.00 bits per heavy atom. The van der Waals surface area contributed by atoms with Gasteiger partial charge in [-0.05, 0) is 30.2 Å². The zero-order valence-electron chi connectivity index (χ0n) is 11.4. The van der Waals surface area contributed by atoms with Crippen LogP contribution in [0.4, 0.5) is 0 Å². The molecule has 18 heavy (non-hydrogen) atoms. The first-order valence-electron chi connectivity index (χ1n) is 7.07. The molecular weight excluding hydrogens is 222 g/mol. The zero-order valence-corrected chi connectivity index (χ0v) is 11.4. The van der Waals surface area contributed by atoms with Gasteiger partial charge in [0.15, 0.2) is 0 Å². The van der Waals surface area contributed by atoms with Gasteiger partial charge in [-0.25, -0.2) is 0 Å². The predicted molar refractivity (Wildman–Crippen MR) is 73.5 cm³/mol. The van der Waals surface area contributed by atoms with E-state index in [1.165, 1.54) is 24.8 Å². The Morgan fingerprint density at radius 3 is 2.78 bits per heavy atom. The summed E-state index contributed by atoms with van der Waals surface area (Å²) in [5.41, 5.74) is 1.80. The van der Waals surface area contributed by atoms with Crippen LogP contribution in [0.2, 0.25) is 0 Å². The van der Waals surface area contributed by atoms with Gasteiger partial charge in [0, 0.05) is 6.04 Å². The van der Waals surface area contributed by atoms with E-state index >= 15 is 0 Å². The highest BCUT2D eigenvalue weighted by Crippen LogP contribution is 2.39. The lowest BCUT2D eigenvalue weighted by Gasteiger charge is -2.46. The van der Waals surface area contributed by atoms with Gasteiger partial charge in [0.05, 0.1) is 18.8 Å². The molecule has 3 unspecified atom stereocenters. The molecule has 98 valence electrons. The second-order valence-corrected chi connectivity index (χ2v) is 6.52. The summed E-state index contributed by atoms with van der Waals surface area (Å²) in [6.45, 7) is 5.56. The Bertz CT molecular complexity index is 401. The molecule has 2 fully saturated rings. The average Bonchev–Trinajstić information content (AvgIpc) is 2.38. The van der Waals surface area contributed by atoms with Crippen LogP contribution < -0.4 is 5.32 Å². The highest BCUT2D eigenvalue weighted by atomic mass is 16.5. The number of nitrogens with one attached hydrogen (secondary N) is 1. The first kappa shape index (κ1) is 12.2. The van der Waals surface area contributed by atoms with Crippen LogP contribution in [0.15, 0.2) is 30.3 Å². The summed E-state index contributed by atoms with van der Waals surface area (Å²) < 4.78 is 6.08. The smallest absolute Gasteiger partial charge is 0.0729 e. The Hall–Kier alpha value is -0.860. The molecule has 1 heterocycles. The van der Waals surface area contributed by atoms with Crippen molar-refractivity contribution >= 4 is 0 Å². The molecule has 1 aliphatic heterocycles. The minimum absolute atomic E-state index is 0.362. The predicted octanol–water partition coefficient (Wildman–Crippen LogP) is 3.29. The van der Waals surface area contributed by atoms with Crippen LogP contribution in [0.3, 0.4) is 0 Å². The van der Waals surface area contributed by atoms with Gasteiger partial charge in [0.1, 0.15) is 0 Å². The molecule has 3 rings (SSSR count). The molecule has 3 atom stereocenters. The van der Waals surface area contributed by atoms with Gasteiger partial charge in [0.25, 0.3) is 0 Å². The van der Waals surface area contributed by atoms with Gasteiger partial charge < -0.3 is 10.1 Å². The fourth-order valence-electron chi connectivity index (χ4n) is 3.33. The molecule has 0 aromatic heterocycles. The van der Waals surface area contributed by atoms with Crippen molar-refractivity contribution in [3.63, 3.8) is 0 Å². The second-order valence-electron chi connectivity index (χ2n) is 6.52. The van der Waals surface area contributed by atoms with E-state index in [-0.39, 0.29) is 0 Å². The van der Waals surface area contributed by atoms with Gasteiger partial charge in [-0.1, -0.05) is 44.2 Å². The van der Waals surface area contributed by atoms with E-state index in [4.69, 9.17) is 4.74 Å². The van der Waals surface area contributed by atoms with Gasteiger partial charge in [0.2, 0.25) is 0 Å². The Labute approximate surface area is 110 Å². The number of rotatable bonds is 1. The molecule has 1 N–H and O–H groups in total. The van der Waals surface area contributed by atoms with Crippen LogP contribution in [0.25, 0.3) is 0 Å². The van der Waals surface area contributed by atoms with Crippen LogP contribution in [-0.2, 0) is 4.74 Å². The van der Waals surface area contributed by atoms with Gasteiger partial charge in [-0.15, -0.1) is 0 Å². The van der Waals surface area contributed by atoms with E-state index in [1.807, 2.05) is 0 Å². The summed E-state index contributed by atoms with van der Waals surface area (Å²) in [5, 5.41) is 3.80. The molecule has 2 heteroatoms. The Kier molecular flexibility index (Phi) is 3.16. The van der Waals surface area contributed by atoms with E-state index < -0.39 is 0 Å². The number of fused-ring (bicyclic) bond motifs is 1. The summed E-state index contributed by atoms with van der Waals surface area (Å²) in [6, 6.07) is 11.5. The Balaban J connectivity index is 1.72. The van der Waals surface area contributed by atoms with Crippen molar-refractivity contribution in [2.45, 2.75) is 51.3 Å². The summed E-state index contributed by atoms with van der Waals surface area (Å²) in [6.07, 6.45) is 4.14. The standard InChI is InChI=1S/C16H23NO/c1-16(2)9-8-15-13(10-16)17-14(11-18-15)12-6-4-3-5-7-12/h3-7,13-15,17H,8-11H2,1-2H3. The largest absolute Gasteiger partial charge is 0.375 e. The van der Waals surface area contributed by atoms with Crippen LogP contribution >= 0.6 is 0 Å². The van der Waals surface area contributed by atoms with Gasteiger partial charge in [-0.3, -0.25) is 0 Å². The molecule has 2 nitrogen and oxygen atoms in total. The van der Waals surface area contributed by atoms with E-state index in [9.17, 15) is 0 Å². The lowest BCUT2D eigenvalue weighted by molar-refractivity contribution is -0.0669. The quantitative estimate of drug-likeness (QED) is 0.819. The fourth-order valence-corrected chi connectivity index (χ4v) is 3.33. The van der Waals surface area contributed by atoms with Gasteiger partial charge >= 0.3 is 0 Å². The van der Waals surface area contributed by atoms with Crippen LogP contribution in [0, 0.1) is 5.41 Å². The number of hydrogen-bond acceptors (Lipinski definition) is 2. The highest BCUT2D eigenvalue weighted by molar-refractivity contribution is 5.20. The molecule has 1 saturated heterocycles.